The summed E-state index contributed by atoms with van der Waals surface area (Å²) in [5.41, 5.74) is 1.12. The zero-order chi connectivity index (χ0) is 19.2. The molecule has 0 aliphatic rings. The Morgan fingerprint density at radius 1 is 0.889 bits per heavy atom. The summed E-state index contributed by atoms with van der Waals surface area (Å²) >= 11 is 0. The van der Waals surface area contributed by atoms with Crippen molar-refractivity contribution in [1.82, 2.24) is 0 Å². The van der Waals surface area contributed by atoms with E-state index in [1.807, 2.05) is 0 Å². The van der Waals surface area contributed by atoms with Crippen LogP contribution < -0.4 is 0 Å². The molecule has 3 aromatic rings. The van der Waals surface area contributed by atoms with Gasteiger partial charge < -0.3 is 4.42 Å². The van der Waals surface area contributed by atoms with Gasteiger partial charge >= 0.3 is 0 Å². The molecule has 0 fully saturated rings. The van der Waals surface area contributed by atoms with Crippen molar-refractivity contribution < 1.29 is 18.9 Å². The van der Waals surface area contributed by atoms with Gasteiger partial charge in [-0.25, -0.2) is 0 Å². The Bertz CT molecular complexity index is 868. The van der Waals surface area contributed by atoms with Crippen LogP contribution in [0.1, 0.15) is 32.2 Å². The third kappa shape index (κ3) is 4.17. The summed E-state index contributed by atoms with van der Waals surface area (Å²) in [7, 11) is 0. The summed E-state index contributed by atoms with van der Waals surface area (Å²) in [4.78, 5) is 37.2. The summed E-state index contributed by atoms with van der Waals surface area (Å²) in [6.07, 6.45) is 2.72. The van der Waals surface area contributed by atoms with Gasteiger partial charge in [0.2, 0.25) is 6.54 Å². The fourth-order valence-corrected chi connectivity index (χ4v) is 3.10. The third-order valence-corrected chi connectivity index (χ3v) is 4.40. The van der Waals surface area contributed by atoms with Crippen molar-refractivity contribution >= 4 is 11.6 Å². The molecule has 0 saturated carbocycles. The van der Waals surface area contributed by atoms with Crippen molar-refractivity contribution in [3.05, 3.63) is 106 Å². The first-order valence-electron chi connectivity index (χ1n) is 8.40. The van der Waals surface area contributed by atoms with Crippen molar-refractivity contribution in [2.24, 2.45) is 5.92 Å². The van der Waals surface area contributed by atoms with Crippen LogP contribution in [0.5, 0.6) is 0 Å². The van der Waals surface area contributed by atoms with Crippen LogP contribution in [0.2, 0.25) is 0 Å². The summed E-state index contributed by atoms with van der Waals surface area (Å²) < 4.78 is 5.05. The second-order valence-electron chi connectivity index (χ2n) is 6.12. The molecule has 1 atom stereocenters. The molecule has 136 valence electrons. The molecule has 1 heterocycles. The van der Waals surface area contributed by atoms with Crippen LogP contribution in [0.3, 0.4) is 0 Å². The quantitative estimate of drug-likeness (QED) is 0.261. The maximum atomic E-state index is 13.2. The fraction of sp³-hybridized carbons (Fsp3) is 0.143. The van der Waals surface area contributed by atoms with Crippen molar-refractivity contribution in [2.75, 3.05) is 6.54 Å². The number of carbonyl (C=O) groups is 2. The maximum absolute atomic E-state index is 13.2. The predicted octanol–water partition coefficient (Wildman–Crippen LogP) is 4.02. The van der Waals surface area contributed by atoms with Crippen LogP contribution in [0.25, 0.3) is 0 Å². The molecule has 0 aliphatic heterocycles. The van der Waals surface area contributed by atoms with Crippen molar-refractivity contribution in [3.63, 3.8) is 0 Å². The first-order chi connectivity index (χ1) is 13.1. The van der Waals surface area contributed by atoms with E-state index in [1.54, 1.807) is 66.7 Å². The van der Waals surface area contributed by atoms with E-state index in [0.29, 0.717) is 16.7 Å². The lowest BCUT2D eigenvalue weighted by atomic mass is 9.77. The van der Waals surface area contributed by atoms with Crippen LogP contribution in [0, 0.1) is 16.0 Å². The van der Waals surface area contributed by atoms with Crippen LogP contribution in [0.4, 0.5) is 0 Å². The van der Waals surface area contributed by atoms with E-state index in [9.17, 15) is 19.7 Å². The zero-order valence-corrected chi connectivity index (χ0v) is 14.4. The molecule has 27 heavy (non-hydrogen) atoms. The van der Waals surface area contributed by atoms with Gasteiger partial charge in [-0.15, -0.1) is 0 Å². The highest BCUT2D eigenvalue weighted by molar-refractivity contribution is 6.16. The SMILES string of the molecule is O=C(c1ccccc1)C(C(=O)c1ccccc1)[C@H](C[N+](=O)[O-])c1ccoc1. The van der Waals surface area contributed by atoms with Gasteiger partial charge in [-0.2, -0.15) is 0 Å². The molecule has 0 bridgehead atoms. The first-order valence-corrected chi connectivity index (χ1v) is 8.40. The number of nitro groups is 1. The number of benzene rings is 2. The largest absolute Gasteiger partial charge is 0.472 e. The lowest BCUT2D eigenvalue weighted by Crippen LogP contribution is -2.34. The van der Waals surface area contributed by atoms with E-state index in [-0.39, 0.29) is 0 Å². The summed E-state index contributed by atoms with van der Waals surface area (Å²) in [6.45, 7) is -0.554. The van der Waals surface area contributed by atoms with Gasteiger partial charge in [0.25, 0.3) is 0 Å². The minimum atomic E-state index is -1.22. The number of rotatable bonds is 8. The summed E-state index contributed by atoms with van der Waals surface area (Å²) in [6, 6.07) is 18.3. The molecule has 0 unspecified atom stereocenters. The van der Waals surface area contributed by atoms with E-state index in [0.717, 1.165) is 0 Å². The van der Waals surface area contributed by atoms with Gasteiger partial charge in [0.05, 0.1) is 24.4 Å². The number of hydrogen-bond acceptors (Lipinski definition) is 5. The Kier molecular flexibility index (Phi) is 5.56. The molecule has 0 amide bonds. The molecular formula is C21H17NO5. The molecule has 2 aromatic carbocycles. The zero-order valence-electron chi connectivity index (χ0n) is 14.4. The molecule has 0 N–H and O–H groups in total. The lowest BCUT2D eigenvalue weighted by Gasteiger charge is -2.22. The Morgan fingerprint density at radius 3 is 1.81 bits per heavy atom. The van der Waals surface area contributed by atoms with Crippen molar-refractivity contribution in [1.29, 1.82) is 0 Å². The smallest absolute Gasteiger partial charge is 0.211 e. The van der Waals surface area contributed by atoms with Crippen LogP contribution in [0.15, 0.2) is 83.7 Å². The Labute approximate surface area is 155 Å². The molecule has 0 aliphatic carbocycles. The molecule has 3 rings (SSSR count). The van der Waals surface area contributed by atoms with Gasteiger partial charge in [0.15, 0.2) is 11.6 Å². The van der Waals surface area contributed by atoms with Crippen LogP contribution in [-0.2, 0) is 0 Å². The molecule has 0 spiro atoms. The summed E-state index contributed by atoms with van der Waals surface area (Å²) in [5, 5.41) is 11.3. The highest BCUT2D eigenvalue weighted by atomic mass is 16.6. The standard InChI is InChI=1S/C21H17NO5/c23-20(15-7-3-1-4-8-15)19(21(24)16-9-5-2-6-10-16)18(13-22(25)26)17-11-12-27-14-17/h1-12,14,18-19H,13H2/t18-/m1/s1. The summed E-state index contributed by atoms with van der Waals surface area (Å²) in [5.74, 6) is -3.05. The Morgan fingerprint density at radius 2 is 1.41 bits per heavy atom. The highest BCUT2D eigenvalue weighted by Crippen LogP contribution is 2.31. The number of Topliss-reactive ketones (excluding diaryl/α,β-unsaturated/α-hetero) is 2. The molecule has 0 radical (unpaired) electrons. The van der Waals surface area contributed by atoms with Crippen molar-refractivity contribution in [2.45, 2.75) is 5.92 Å². The van der Waals surface area contributed by atoms with Gasteiger partial charge in [0.1, 0.15) is 0 Å². The average molecular weight is 363 g/mol. The van der Waals surface area contributed by atoms with Crippen molar-refractivity contribution in [3.8, 4) is 0 Å². The second kappa shape index (κ2) is 8.23. The van der Waals surface area contributed by atoms with Crippen LogP contribution >= 0.6 is 0 Å². The molecule has 6 heteroatoms. The Balaban J connectivity index is 2.09. The average Bonchev–Trinajstić information content (AvgIpc) is 3.23. The number of ketones is 2. The Hall–Kier alpha value is -3.54. The number of hydrogen-bond donors (Lipinski definition) is 0. The normalized spacial score (nSPS) is 11.9. The van der Waals surface area contributed by atoms with Crippen LogP contribution in [-0.4, -0.2) is 23.0 Å². The predicted molar refractivity (Wildman–Crippen MR) is 98.3 cm³/mol. The number of nitrogens with zero attached hydrogens (tertiary/aromatic N) is 1. The molecular weight excluding hydrogens is 346 g/mol. The minimum absolute atomic E-state index is 0.337. The third-order valence-electron chi connectivity index (χ3n) is 4.40. The van der Waals surface area contributed by atoms with E-state index >= 15 is 0 Å². The minimum Gasteiger partial charge on any atom is -0.472 e. The van der Waals surface area contributed by atoms with E-state index in [1.165, 1.54) is 12.5 Å². The molecule has 0 saturated heterocycles. The van der Waals surface area contributed by atoms with Gasteiger partial charge in [0, 0.05) is 21.6 Å². The topological polar surface area (TPSA) is 90.4 Å². The monoisotopic (exact) mass is 363 g/mol. The second-order valence-corrected chi connectivity index (χ2v) is 6.12. The molecule has 1 aromatic heterocycles. The fourth-order valence-electron chi connectivity index (χ4n) is 3.10. The lowest BCUT2D eigenvalue weighted by molar-refractivity contribution is -0.484. The van der Waals surface area contributed by atoms with Gasteiger partial charge in [-0.05, 0) is 6.07 Å². The van der Waals surface area contributed by atoms with E-state index in [4.69, 9.17) is 4.42 Å². The highest BCUT2D eigenvalue weighted by Gasteiger charge is 2.40. The van der Waals surface area contributed by atoms with E-state index in [2.05, 4.69) is 0 Å². The molecule has 6 nitrogen and oxygen atoms in total. The number of carbonyl (C=O) groups excluding carboxylic acids is 2. The van der Waals surface area contributed by atoms with Gasteiger partial charge in [-0.3, -0.25) is 19.7 Å². The first kappa shape index (κ1) is 18.3. The van der Waals surface area contributed by atoms with Gasteiger partial charge in [-0.1, -0.05) is 60.7 Å². The number of furan rings is 1. The van der Waals surface area contributed by atoms with E-state index < -0.39 is 34.9 Å². The maximum Gasteiger partial charge on any atom is 0.211 e.